The van der Waals surface area contributed by atoms with Crippen LogP contribution in [-0.2, 0) is 26.3 Å². The molecular weight excluding hydrogens is 407 g/mol. The van der Waals surface area contributed by atoms with Gasteiger partial charge < -0.3 is 0 Å². The van der Waals surface area contributed by atoms with E-state index in [-0.39, 0.29) is 23.7 Å². The van der Waals surface area contributed by atoms with E-state index in [4.69, 9.17) is 0 Å². The number of aryl methyl sites for hydroxylation is 1. The van der Waals surface area contributed by atoms with Gasteiger partial charge in [0, 0.05) is 19.6 Å². The van der Waals surface area contributed by atoms with Gasteiger partial charge in [-0.15, -0.1) is 10.2 Å². The van der Waals surface area contributed by atoms with E-state index in [1.54, 1.807) is 25.2 Å². The highest BCUT2D eigenvalue weighted by Gasteiger charge is 2.36. The molecule has 1 fully saturated rings. The maximum absolute atomic E-state index is 13.5. The number of fused-ring (bicyclic) bond motifs is 3. The highest BCUT2D eigenvalue weighted by molar-refractivity contribution is 5.80. The van der Waals surface area contributed by atoms with Gasteiger partial charge in [0.25, 0.3) is 5.56 Å². The summed E-state index contributed by atoms with van der Waals surface area (Å²) in [5.41, 5.74) is 0.153. The lowest BCUT2D eigenvalue weighted by Crippen LogP contribution is -2.28. The molecule has 0 unspecified atom stereocenters. The first-order valence-corrected chi connectivity index (χ1v) is 10.1. The minimum Gasteiger partial charge on any atom is -0.289 e. The molecule has 0 atom stereocenters. The summed E-state index contributed by atoms with van der Waals surface area (Å²) in [5.74, 6) is 1.00. The van der Waals surface area contributed by atoms with Crippen molar-refractivity contribution in [2.75, 3.05) is 0 Å². The van der Waals surface area contributed by atoms with Crippen LogP contribution in [0.1, 0.15) is 29.8 Å². The molecule has 4 aromatic rings. The fraction of sp³-hybridized carbons (Fsp3) is 0.318. The molecule has 1 aliphatic carbocycles. The topological polar surface area (TPSA) is 55.4 Å². The van der Waals surface area contributed by atoms with E-state index in [9.17, 15) is 18.0 Å². The fourth-order valence-corrected chi connectivity index (χ4v) is 4.08. The highest BCUT2D eigenvalue weighted by atomic mass is 19.4. The maximum atomic E-state index is 13.5. The minimum atomic E-state index is -4.40. The molecule has 1 aliphatic rings. The molecule has 2 aromatic carbocycles. The molecule has 0 N–H and O–H groups in total. The van der Waals surface area contributed by atoms with Crippen molar-refractivity contribution in [2.24, 2.45) is 7.05 Å². The molecule has 0 spiro atoms. The summed E-state index contributed by atoms with van der Waals surface area (Å²) >= 11 is 0. The summed E-state index contributed by atoms with van der Waals surface area (Å²) in [6, 6.07) is 13.1. The van der Waals surface area contributed by atoms with Gasteiger partial charge in [-0.05, 0) is 36.6 Å². The van der Waals surface area contributed by atoms with Crippen LogP contribution in [0.5, 0.6) is 0 Å². The zero-order valence-corrected chi connectivity index (χ0v) is 16.8. The fourth-order valence-electron chi connectivity index (χ4n) is 4.08. The van der Waals surface area contributed by atoms with Gasteiger partial charge >= 0.3 is 6.18 Å². The average molecular weight is 427 g/mol. The molecule has 31 heavy (non-hydrogen) atoms. The molecule has 5 rings (SSSR count). The monoisotopic (exact) mass is 427 g/mol. The molecule has 0 amide bonds. The number of halogens is 3. The Bertz CT molecular complexity index is 1340. The van der Waals surface area contributed by atoms with Crippen LogP contribution in [0.4, 0.5) is 13.2 Å². The number of rotatable bonds is 5. The van der Waals surface area contributed by atoms with E-state index < -0.39 is 11.7 Å². The first-order chi connectivity index (χ1) is 14.8. The molecule has 160 valence electrons. The molecule has 2 heterocycles. The molecule has 6 nitrogen and oxygen atoms in total. The Balaban J connectivity index is 1.57. The van der Waals surface area contributed by atoms with Crippen molar-refractivity contribution in [3.8, 4) is 0 Å². The van der Waals surface area contributed by atoms with Crippen LogP contribution < -0.4 is 5.56 Å². The standard InChI is InChI=1S/C22H20F3N5O/c1-28-20(31)16-7-3-5-9-18(16)30-19(26-27-21(28)30)13-29(15-10-11-15)12-14-6-2-4-8-17(14)22(23,24)25/h2-9,15H,10-13H2,1H3. The van der Waals surface area contributed by atoms with Crippen molar-refractivity contribution in [1.82, 2.24) is 24.1 Å². The number of hydrogen-bond acceptors (Lipinski definition) is 4. The van der Waals surface area contributed by atoms with E-state index in [2.05, 4.69) is 10.2 Å². The molecule has 2 aromatic heterocycles. The smallest absolute Gasteiger partial charge is 0.289 e. The predicted molar refractivity (Wildman–Crippen MR) is 109 cm³/mol. The molecule has 0 radical (unpaired) electrons. The Morgan fingerprint density at radius 1 is 1.03 bits per heavy atom. The first kappa shape index (κ1) is 19.7. The quantitative estimate of drug-likeness (QED) is 0.487. The zero-order chi connectivity index (χ0) is 21.8. The highest BCUT2D eigenvalue weighted by Crippen LogP contribution is 2.35. The molecule has 0 saturated heterocycles. The van der Waals surface area contributed by atoms with Gasteiger partial charge in [0.15, 0.2) is 5.82 Å². The Morgan fingerprint density at radius 2 is 1.74 bits per heavy atom. The Labute approximate surface area is 175 Å². The van der Waals surface area contributed by atoms with Crippen molar-refractivity contribution < 1.29 is 13.2 Å². The van der Waals surface area contributed by atoms with E-state index in [0.717, 1.165) is 18.9 Å². The third kappa shape index (κ3) is 3.48. The van der Waals surface area contributed by atoms with Gasteiger partial charge in [0.1, 0.15) is 0 Å². The summed E-state index contributed by atoms with van der Waals surface area (Å²) < 4.78 is 43.7. The molecule has 9 heteroatoms. The normalized spacial score (nSPS) is 14.7. The Kier molecular flexibility index (Phi) is 4.58. The third-order valence-electron chi connectivity index (χ3n) is 5.80. The number of alkyl halides is 3. The van der Waals surface area contributed by atoms with Gasteiger partial charge in [-0.25, -0.2) is 0 Å². The van der Waals surface area contributed by atoms with E-state index in [1.807, 2.05) is 21.4 Å². The second-order valence-corrected chi connectivity index (χ2v) is 7.92. The van der Waals surface area contributed by atoms with Gasteiger partial charge in [0.05, 0.1) is 23.0 Å². The average Bonchev–Trinajstić information content (AvgIpc) is 3.51. The molecule has 0 aliphatic heterocycles. The van der Waals surface area contributed by atoms with Crippen LogP contribution in [0.2, 0.25) is 0 Å². The second-order valence-electron chi connectivity index (χ2n) is 7.92. The molecule has 1 saturated carbocycles. The van der Waals surface area contributed by atoms with Crippen LogP contribution in [0, 0.1) is 0 Å². The predicted octanol–water partition coefficient (Wildman–Crippen LogP) is 3.76. The number of nitrogens with zero attached hydrogens (tertiary/aromatic N) is 5. The molecule has 0 bridgehead atoms. The van der Waals surface area contributed by atoms with Crippen molar-refractivity contribution >= 4 is 16.7 Å². The van der Waals surface area contributed by atoms with Crippen LogP contribution in [0.25, 0.3) is 16.7 Å². The van der Waals surface area contributed by atoms with Crippen LogP contribution in [0.3, 0.4) is 0 Å². The van der Waals surface area contributed by atoms with Crippen molar-refractivity contribution in [3.05, 3.63) is 75.8 Å². The summed E-state index contributed by atoms with van der Waals surface area (Å²) in [7, 11) is 1.64. The van der Waals surface area contributed by atoms with Crippen LogP contribution in [-0.4, -0.2) is 30.1 Å². The largest absolute Gasteiger partial charge is 0.416 e. The summed E-state index contributed by atoms with van der Waals surface area (Å²) in [6.07, 6.45) is -2.53. The van der Waals surface area contributed by atoms with Crippen LogP contribution in [0.15, 0.2) is 53.3 Å². The van der Waals surface area contributed by atoms with E-state index in [1.165, 1.54) is 16.7 Å². The van der Waals surface area contributed by atoms with Gasteiger partial charge in [0.2, 0.25) is 5.78 Å². The third-order valence-corrected chi connectivity index (χ3v) is 5.80. The van der Waals surface area contributed by atoms with E-state index >= 15 is 0 Å². The molecular formula is C22H20F3N5O. The zero-order valence-electron chi connectivity index (χ0n) is 16.8. The lowest BCUT2D eigenvalue weighted by atomic mass is 10.1. The number of para-hydroxylation sites is 1. The van der Waals surface area contributed by atoms with Gasteiger partial charge in [-0.1, -0.05) is 30.3 Å². The summed E-state index contributed by atoms with van der Waals surface area (Å²) in [5, 5.41) is 9.04. The SMILES string of the molecule is Cn1c(=O)c2ccccc2n2c(CN(Cc3ccccc3C(F)(F)F)C3CC3)nnc12. The van der Waals surface area contributed by atoms with Crippen LogP contribution >= 0.6 is 0 Å². The van der Waals surface area contributed by atoms with Gasteiger partial charge in [-0.3, -0.25) is 18.7 Å². The van der Waals surface area contributed by atoms with Gasteiger partial charge in [-0.2, -0.15) is 13.2 Å². The van der Waals surface area contributed by atoms with Crippen molar-refractivity contribution in [2.45, 2.75) is 38.1 Å². The maximum Gasteiger partial charge on any atom is 0.416 e. The number of hydrogen-bond donors (Lipinski definition) is 0. The summed E-state index contributed by atoms with van der Waals surface area (Å²) in [4.78, 5) is 14.6. The number of aromatic nitrogens is 4. The number of benzene rings is 2. The lowest BCUT2D eigenvalue weighted by molar-refractivity contribution is -0.138. The Morgan fingerprint density at radius 3 is 2.48 bits per heavy atom. The first-order valence-electron chi connectivity index (χ1n) is 10.1. The van der Waals surface area contributed by atoms with Crippen molar-refractivity contribution in [1.29, 1.82) is 0 Å². The lowest BCUT2D eigenvalue weighted by Gasteiger charge is -2.23. The van der Waals surface area contributed by atoms with Crippen molar-refractivity contribution in [3.63, 3.8) is 0 Å². The van der Waals surface area contributed by atoms with E-state index in [0.29, 0.717) is 29.0 Å². The second kappa shape index (κ2) is 7.19. The summed E-state index contributed by atoms with van der Waals surface area (Å²) in [6.45, 7) is 0.499. The Hall–Kier alpha value is -3.20. The minimum absolute atomic E-state index is 0.166.